The molecule has 2 aromatic rings. The number of nitrogens with one attached hydrogen (secondary N) is 1. The number of hydrogen-bond acceptors (Lipinski definition) is 2. The van der Waals surface area contributed by atoms with Crippen LogP contribution in [0.15, 0.2) is 28.1 Å². The molecule has 0 fully saturated rings. The van der Waals surface area contributed by atoms with Gasteiger partial charge in [-0.2, -0.15) is 0 Å². The summed E-state index contributed by atoms with van der Waals surface area (Å²) in [4.78, 5) is 12.6. The number of carbonyl (C=O) groups excluding carboxylic acids is 1. The molecular weight excluding hydrogens is 288 g/mol. The first-order valence-electron chi connectivity index (χ1n) is 4.79. The van der Waals surface area contributed by atoms with E-state index in [1.807, 2.05) is 37.4 Å². The van der Waals surface area contributed by atoms with Crippen LogP contribution in [0.25, 0.3) is 0 Å². The third-order valence-electron chi connectivity index (χ3n) is 2.31. The number of aryl methyl sites for hydroxylation is 2. The third kappa shape index (κ3) is 2.05. The summed E-state index contributed by atoms with van der Waals surface area (Å²) in [6.45, 7) is 3.91. The highest BCUT2D eigenvalue weighted by atomic mass is 79.9. The maximum atomic E-state index is 11.9. The van der Waals surface area contributed by atoms with Crippen LogP contribution < -0.4 is 5.43 Å². The highest BCUT2D eigenvalue weighted by Gasteiger charge is 2.12. The molecule has 2 aromatic heterocycles. The largest absolute Gasteiger partial charge is 0.281 e. The number of aromatic nitrogens is 1. The van der Waals surface area contributed by atoms with Crippen molar-refractivity contribution in [3.8, 4) is 0 Å². The van der Waals surface area contributed by atoms with Gasteiger partial charge < -0.3 is 0 Å². The molecule has 2 heterocycles. The average Bonchev–Trinajstić information content (AvgIpc) is 2.79. The van der Waals surface area contributed by atoms with Gasteiger partial charge in [-0.25, -0.2) is 0 Å². The van der Waals surface area contributed by atoms with Gasteiger partial charge in [0, 0.05) is 15.9 Å². The molecular formula is C11H11BrN2OS. The topological polar surface area (TPSA) is 34.0 Å². The Morgan fingerprint density at radius 1 is 1.31 bits per heavy atom. The zero-order valence-corrected chi connectivity index (χ0v) is 11.4. The summed E-state index contributed by atoms with van der Waals surface area (Å²) in [6.07, 6.45) is 0. The highest BCUT2D eigenvalue weighted by molar-refractivity contribution is 9.10. The Kier molecular flexibility index (Phi) is 3.16. The van der Waals surface area contributed by atoms with Crippen LogP contribution >= 0.6 is 27.3 Å². The summed E-state index contributed by atoms with van der Waals surface area (Å²) in [5.41, 5.74) is 4.88. The van der Waals surface area contributed by atoms with E-state index in [1.54, 1.807) is 4.68 Å². The molecule has 0 aliphatic heterocycles. The molecule has 16 heavy (non-hydrogen) atoms. The van der Waals surface area contributed by atoms with Crippen molar-refractivity contribution in [1.29, 1.82) is 0 Å². The molecule has 84 valence electrons. The number of thiophene rings is 1. The van der Waals surface area contributed by atoms with E-state index in [-0.39, 0.29) is 5.91 Å². The van der Waals surface area contributed by atoms with Crippen LogP contribution in [-0.2, 0) is 0 Å². The van der Waals surface area contributed by atoms with Gasteiger partial charge in [0.2, 0.25) is 0 Å². The molecule has 3 nitrogen and oxygen atoms in total. The molecule has 0 radical (unpaired) electrons. The summed E-state index contributed by atoms with van der Waals surface area (Å²) < 4.78 is 2.62. The van der Waals surface area contributed by atoms with E-state index < -0.39 is 0 Å². The molecule has 0 unspecified atom stereocenters. The lowest BCUT2D eigenvalue weighted by Crippen LogP contribution is -2.24. The quantitative estimate of drug-likeness (QED) is 0.907. The van der Waals surface area contributed by atoms with Gasteiger partial charge in [0.1, 0.15) is 4.88 Å². The van der Waals surface area contributed by atoms with Gasteiger partial charge in [-0.3, -0.25) is 14.9 Å². The normalized spacial score (nSPS) is 10.4. The zero-order chi connectivity index (χ0) is 11.7. The van der Waals surface area contributed by atoms with E-state index in [1.165, 1.54) is 11.3 Å². The average molecular weight is 299 g/mol. The molecule has 0 saturated carbocycles. The standard InChI is InChI=1S/C11H11BrN2OS/c1-7-3-4-8(2)14(7)13-11(15)10-9(12)5-6-16-10/h3-6H,1-2H3,(H,13,15). The van der Waals surface area contributed by atoms with Gasteiger partial charge >= 0.3 is 0 Å². The van der Waals surface area contributed by atoms with Gasteiger partial charge in [-0.15, -0.1) is 11.3 Å². The number of amides is 1. The summed E-state index contributed by atoms with van der Waals surface area (Å²) >= 11 is 4.77. The fourth-order valence-electron chi connectivity index (χ4n) is 1.45. The first-order chi connectivity index (χ1) is 7.59. The van der Waals surface area contributed by atoms with Crippen molar-refractivity contribution >= 4 is 33.2 Å². The second-order valence-electron chi connectivity index (χ2n) is 3.49. The first kappa shape index (κ1) is 11.4. The fourth-order valence-corrected chi connectivity index (χ4v) is 2.89. The van der Waals surface area contributed by atoms with E-state index in [2.05, 4.69) is 21.4 Å². The zero-order valence-electron chi connectivity index (χ0n) is 8.95. The highest BCUT2D eigenvalue weighted by Crippen LogP contribution is 2.22. The number of nitrogens with zero attached hydrogens (tertiary/aromatic N) is 1. The molecule has 0 bridgehead atoms. The predicted octanol–water partition coefficient (Wildman–Crippen LogP) is 3.31. The van der Waals surface area contributed by atoms with Crippen molar-refractivity contribution in [2.45, 2.75) is 13.8 Å². The maximum absolute atomic E-state index is 11.9. The van der Waals surface area contributed by atoms with Crippen molar-refractivity contribution in [1.82, 2.24) is 4.68 Å². The van der Waals surface area contributed by atoms with Crippen LogP contribution in [0, 0.1) is 13.8 Å². The summed E-state index contributed by atoms with van der Waals surface area (Å²) in [6, 6.07) is 5.81. The second kappa shape index (κ2) is 4.43. The van der Waals surface area contributed by atoms with E-state index in [0.29, 0.717) is 4.88 Å². The van der Waals surface area contributed by atoms with Gasteiger partial charge in [0.05, 0.1) is 0 Å². The Balaban J connectivity index is 2.24. The number of halogens is 1. The lowest BCUT2D eigenvalue weighted by atomic mass is 10.4. The van der Waals surface area contributed by atoms with Crippen LogP contribution in [0.4, 0.5) is 0 Å². The van der Waals surface area contributed by atoms with E-state index in [9.17, 15) is 4.79 Å². The minimum Gasteiger partial charge on any atom is -0.266 e. The van der Waals surface area contributed by atoms with Crippen LogP contribution in [0.3, 0.4) is 0 Å². The summed E-state index contributed by atoms with van der Waals surface area (Å²) in [5, 5.41) is 1.88. The van der Waals surface area contributed by atoms with Crippen molar-refractivity contribution in [2.75, 3.05) is 5.43 Å². The van der Waals surface area contributed by atoms with Crippen molar-refractivity contribution in [3.63, 3.8) is 0 Å². The van der Waals surface area contributed by atoms with Crippen molar-refractivity contribution in [2.24, 2.45) is 0 Å². The van der Waals surface area contributed by atoms with E-state index >= 15 is 0 Å². The number of carbonyl (C=O) groups is 1. The van der Waals surface area contributed by atoms with Gasteiger partial charge in [-0.05, 0) is 53.4 Å². The van der Waals surface area contributed by atoms with Gasteiger partial charge in [0.25, 0.3) is 5.91 Å². The van der Waals surface area contributed by atoms with Gasteiger partial charge in [-0.1, -0.05) is 0 Å². The Morgan fingerprint density at radius 3 is 2.44 bits per heavy atom. The van der Waals surface area contributed by atoms with Crippen LogP contribution in [-0.4, -0.2) is 10.6 Å². The number of hydrogen-bond donors (Lipinski definition) is 1. The van der Waals surface area contributed by atoms with Gasteiger partial charge in [0.15, 0.2) is 0 Å². The molecule has 0 aliphatic carbocycles. The minimum atomic E-state index is -0.0933. The molecule has 0 saturated heterocycles. The lowest BCUT2D eigenvalue weighted by molar-refractivity contribution is 0.101. The Labute approximate surface area is 106 Å². The van der Waals surface area contributed by atoms with Crippen LogP contribution in [0.2, 0.25) is 0 Å². The van der Waals surface area contributed by atoms with E-state index in [4.69, 9.17) is 0 Å². The molecule has 1 N–H and O–H groups in total. The molecule has 1 amide bonds. The maximum Gasteiger partial charge on any atom is 0.281 e. The molecule has 0 atom stereocenters. The molecule has 0 aliphatic rings. The molecule has 5 heteroatoms. The van der Waals surface area contributed by atoms with E-state index in [0.717, 1.165) is 15.9 Å². The summed E-state index contributed by atoms with van der Waals surface area (Å²) in [5.74, 6) is -0.0933. The number of rotatable bonds is 2. The summed E-state index contributed by atoms with van der Waals surface area (Å²) in [7, 11) is 0. The smallest absolute Gasteiger partial charge is 0.266 e. The van der Waals surface area contributed by atoms with Crippen LogP contribution in [0.1, 0.15) is 21.1 Å². The minimum absolute atomic E-state index is 0.0933. The first-order valence-corrected chi connectivity index (χ1v) is 6.46. The predicted molar refractivity (Wildman–Crippen MR) is 69.6 cm³/mol. The van der Waals surface area contributed by atoms with Crippen molar-refractivity contribution in [3.05, 3.63) is 44.3 Å². The molecule has 0 spiro atoms. The molecule has 0 aromatic carbocycles. The Hall–Kier alpha value is -1.07. The Morgan fingerprint density at radius 2 is 1.94 bits per heavy atom. The second-order valence-corrected chi connectivity index (χ2v) is 5.26. The Bertz CT molecular complexity index is 510. The third-order valence-corrected chi connectivity index (χ3v) is 4.14. The van der Waals surface area contributed by atoms with Crippen molar-refractivity contribution < 1.29 is 4.79 Å². The fraction of sp³-hybridized carbons (Fsp3) is 0.182. The lowest BCUT2D eigenvalue weighted by Gasteiger charge is -2.10. The molecule has 2 rings (SSSR count). The van der Waals surface area contributed by atoms with Crippen LogP contribution in [0.5, 0.6) is 0 Å². The SMILES string of the molecule is Cc1ccc(C)n1NC(=O)c1sccc1Br. The monoisotopic (exact) mass is 298 g/mol.